The predicted octanol–water partition coefficient (Wildman–Crippen LogP) is 1.91. The van der Waals surface area contributed by atoms with Crippen LogP contribution in [0.1, 0.15) is 12.0 Å². The molecule has 0 fully saturated rings. The van der Waals surface area contributed by atoms with Gasteiger partial charge in [-0.05, 0) is 24.0 Å². The summed E-state index contributed by atoms with van der Waals surface area (Å²) >= 11 is 1.62. The molecule has 0 radical (unpaired) electrons. The number of nitrogens with one attached hydrogen (secondary N) is 1. The van der Waals surface area contributed by atoms with Crippen molar-refractivity contribution in [2.75, 3.05) is 12.0 Å². The second kappa shape index (κ2) is 8.11. The Morgan fingerprint density at radius 3 is 2.76 bits per heavy atom. The number of aliphatic carboxylic acids is 1. The summed E-state index contributed by atoms with van der Waals surface area (Å²) in [6.07, 6.45) is 2.50. The molecular weight excluding hydrogens is 238 g/mol. The third kappa shape index (κ3) is 5.72. The number of hydrogen-bond acceptors (Lipinski definition) is 4. The van der Waals surface area contributed by atoms with Gasteiger partial charge in [-0.3, -0.25) is 9.63 Å². The molecule has 1 aromatic rings. The fourth-order valence-corrected chi connectivity index (χ4v) is 1.74. The molecule has 0 heterocycles. The van der Waals surface area contributed by atoms with Crippen LogP contribution >= 0.6 is 11.8 Å². The molecule has 2 N–H and O–H groups in total. The largest absolute Gasteiger partial charge is 0.480 e. The zero-order chi connectivity index (χ0) is 12.5. The van der Waals surface area contributed by atoms with Crippen LogP contribution in [-0.2, 0) is 16.2 Å². The Bertz CT molecular complexity index is 332. The van der Waals surface area contributed by atoms with Crippen molar-refractivity contribution in [2.24, 2.45) is 0 Å². The molecule has 0 aliphatic carbocycles. The van der Waals surface area contributed by atoms with Crippen molar-refractivity contribution in [1.82, 2.24) is 5.48 Å². The lowest BCUT2D eigenvalue weighted by Gasteiger charge is -2.13. The summed E-state index contributed by atoms with van der Waals surface area (Å²) in [5.74, 6) is -0.0920. The molecule has 0 spiro atoms. The van der Waals surface area contributed by atoms with E-state index < -0.39 is 12.0 Å². The zero-order valence-corrected chi connectivity index (χ0v) is 10.6. The van der Waals surface area contributed by atoms with Crippen LogP contribution in [-0.4, -0.2) is 29.1 Å². The van der Waals surface area contributed by atoms with E-state index in [4.69, 9.17) is 9.94 Å². The van der Waals surface area contributed by atoms with Gasteiger partial charge in [-0.2, -0.15) is 17.2 Å². The molecular formula is C12H17NO3S. The quantitative estimate of drug-likeness (QED) is 0.695. The lowest BCUT2D eigenvalue weighted by atomic mass is 10.2. The minimum atomic E-state index is -0.882. The van der Waals surface area contributed by atoms with E-state index in [9.17, 15) is 4.79 Å². The van der Waals surface area contributed by atoms with Gasteiger partial charge in [0.25, 0.3) is 0 Å². The SMILES string of the molecule is CSCC[C@H](NOCc1ccccc1)C(=O)O. The van der Waals surface area contributed by atoms with Gasteiger partial charge in [0.05, 0.1) is 6.61 Å². The first-order valence-corrected chi connectivity index (χ1v) is 6.76. The van der Waals surface area contributed by atoms with Gasteiger partial charge < -0.3 is 5.11 Å². The minimum Gasteiger partial charge on any atom is -0.480 e. The maximum atomic E-state index is 10.9. The highest BCUT2D eigenvalue weighted by Gasteiger charge is 2.16. The highest BCUT2D eigenvalue weighted by molar-refractivity contribution is 7.98. The van der Waals surface area contributed by atoms with Crippen LogP contribution in [0.2, 0.25) is 0 Å². The van der Waals surface area contributed by atoms with Crippen molar-refractivity contribution in [1.29, 1.82) is 0 Å². The third-order valence-corrected chi connectivity index (χ3v) is 2.86. The molecule has 0 bridgehead atoms. The smallest absolute Gasteiger partial charge is 0.323 e. The molecule has 1 atom stereocenters. The third-order valence-electron chi connectivity index (χ3n) is 2.22. The maximum absolute atomic E-state index is 10.9. The summed E-state index contributed by atoms with van der Waals surface area (Å²) in [5, 5.41) is 8.95. The molecule has 0 unspecified atom stereocenters. The average molecular weight is 255 g/mol. The van der Waals surface area contributed by atoms with Crippen LogP contribution in [0.3, 0.4) is 0 Å². The Balaban J connectivity index is 2.29. The van der Waals surface area contributed by atoms with Crippen molar-refractivity contribution in [3.05, 3.63) is 35.9 Å². The minimum absolute atomic E-state index is 0.365. The first-order valence-electron chi connectivity index (χ1n) is 5.37. The topological polar surface area (TPSA) is 58.6 Å². The van der Waals surface area contributed by atoms with E-state index in [1.807, 2.05) is 36.6 Å². The van der Waals surface area contributed by atoms with Crippen LogP contribution < -0.4 is 5.48 Å². The number of carbonyl (C=O) groups is 1. The number of thioether (sulfide) groups is 1. The van der Waals surface area contributed by atoms with Gasteiger partial charge in [-0.15, -0.1) is 0 Å². The summed E-state index contributed by atoms with van der Waals surface area (Å²) < 4.78 is 0. The fraction of sp³-hybridized carbons (Fsp3) is 0.417. The second-order valence-corrected chi connectivity index (χ2v) is 4.55. The van der Waals surface area contributed by atoms with E-state index in [-0.39, 0.29) is 0 Å². The lowest BCUT2D eigenvalue weighted by molar-refractivity contribution is -0.144. The standard InChI is InChI=1S/C12H17NO3S/c1-17-8-7-11(12(14)15)13-16-9-10-5-3-2-4-6-10/h2-6,11,13H,7-9H2,1H3,(H,14,15)/t11-/m0/s1. The summed E-state index contributed by atoms with van der Waals surface area (Å²) in [5.41, 5.74) is 3.60. The van der Waals surface area contributed by atoms with Crippen LogP contribution in [0.15, 0.2) is 30.3 Å². The lowest BCUT2D eigenvalue weighted by Crippen LogP contribution is -2.37. The number of carboxylic acid groups (broad SMARTS) is 1. The van der Waals surface area contributed by atoms with Gasteiger partial charge in [0.2, 0.25) is 0 Å². The monoisotopic (exact) mass is 255 g/mol. The molecule has 5 heteroatoms. The van der Waals surface area contributed by atoms with Crippen LogP contribution in [0.25, 0.3) is 0 Å². The van der Waals surface area contributed by atoms with Crippen molar-refractivity contribution in [2.45, 2.75) is 19.1 Å². The molecule has 0 amide bonds. The molecule has 0 saturated heterocycles. The second-order valence-electron chi connectivity index (χ2n) is 3.56. The number of carboxylic acids is 1. The molecule has 0 aliphatic rings. The van der Waals surface area contributed by atoms with E-state index in [0.717, 1.165) is 11.3 Å². The van der Waals surface area contributed by atoms with Gasteiger partial charge in [0.1, 0.15) is 6.04 Å². The predicted molar refractivity (Wildman–Crippen MR) is 68.8 cm³/mol. The van der Waals surface area contributed by atoms with Crippen LogP contribution in [0, 0.1) is 0 Å². The zero-order valence-electron chi connectivity index (χ0n) is 9.76. The van der Waals surface area contributed by atoms with Gasteiger partial charge in [0, 0.05) is 0 Å². The van der Waals surface area contributed by atoms with Crippen molar-refractivity contribution < 1.29 is 14.7 Å². The Hall–Kier alpha value is -1.04. The van der Waals surface area contributed by atoms with Crippen molar-refractivity contribution >= 4 is 17.7 Å². The van der Waals surface area contributed by atoms with Crippen LogP contribution in [0.4, 0.5) is 0 Å². The molecule has 17 heavy (non-hydrogen) atoms. The number of benzene rings is 1. The molecule has 4 nitrogen and oxygen atoms in total. The molecule has 94 valence electrons. The molecule has 0 aromatic heterocycles. The van der Waals surface area contributed by atoms with Crippen LogP contribution in [0.5, 0.6) is 0 Å². The first kappa shape index (κ1) is 14.0. The highest BCUT2D eigenvalue weighted by atomic mass is 32.2. The average Bonchev–Trinajstić information content (AvgIpc) is 2.34. The van der Waals surface area contributed by atoms with E-state index in [2.05, 4.69) is 5.48 Å². The van der Waals surface area contributed by atoms with Crippen molar-refractivity contribution in [3.63, 3.8) is 0 Å². The summed E-state index contributed by atoms with van der Waals surface area (Å²) in [6, 6.07) is 8.97. The summed E-state index contributed by atoms with van der Waals surface area (Å²) in [7, 11) is 0. The molecule has 0 saturated carbocycles. The van der Waals surface area contributed by atoms with E-state index in [0.29, 0.717) is 13.0 Å². The maximum Gasteiger partial charge on any atom is 0.323 e. The molecule has 1 aromatic carbocycles. The first-order chi connectivity index (χ1) is 8.24. The normalized spacial score (nSPS) is 12.3. The number of rotatable bonds is 8. The van der Waals surface area contributed by atoms with E-state index >= 15 is 0 Å². The Labute approximate surface area is 105 Å². The molecule has 1 rings (SSSR count). The Morgan fingerprint density at radius 2 is 2.18 bits per heavy atom. The Morgan fingerprint density at radius 1 is 1.47 bits per heavy atom. The van der Waals surface area contributed by atoms with E-state index in [1.165, 1.54) is 0 Å². The fourth-order valence-electron chi connectivity index (χ4n) is 1.27. The van der Waals surface area contributed by atoms with Crippen molar-refractivity contribution in [3.8, 4) is 0 Å². The van der Waals surface area contributed by atoms with Gasteiger partial charge in [-0.1, -0.05) is 30.3 Å². The van der Waals surface area contributed by atoms with Gasteiger partial charge in [-0.25, -0.2) is 0 Å². The highest BCUT2D eigenvalue weighted by Crippen LogP contribution is 2.03. The summed E-state index contributed by atoms with van der Waals surface area (Å²) in [4.78, 5) is 16.1. The summed E-state index contributed by atoms with van der Waals surface area (Å²) in [6.45, 7) is 0.365. The van der Waals surface area contributed by atoms with Gasteiger partial charge in [0.15, 0.2) is 0 Å². The van der Waals surface area contributed by atoms with Gasteiger partial charge >= 0.3 is 5.97 Å². The Kier molecular flexibility index (Phi) is 6.69. The molecule has 0 aliphatic heterocycles. The van der Waals surface area contributed by atoms with E-state index in [1.54, 1.807) is 11.8 Å². The number of hydroxylamine groups is 1. The number of hydrogen-bond donors (Lipinski definition) is 2.